The molecular weight excluding hydrogens is 532 g/mol. The number of hydrogen-bond donors (Lipinski definition) is 1. The minimum Gasteiger partial charge on any atom is -0.466 e. The van der Waals surface area contributed by atoms with Crippen molar-refractivity contribution >= 4 is 27.9 Å². The molecule has 9 heteroatoms. The predicted octanol–water partition coefficient (Wildman–Crippen LogP) is 4.49. The summed E-state index contributed by atoms with van der Waals surface area (Å²) < 4.78 is 40.4. The highest BCUT2D eigenvalue weighted by Gasteiger charge is 2.37. The van der Waals surface area contributed by atoms with Gasteiger partial charge in [0.05, 0.1) is 42.8 Å². The average molecular weight is 575 g/mol. The van der Waals surface area contributed by atoms with Crippen LogP contribution in [0.5, 0.6) is 0 Å². The van der Waals surface area contributed by atoms with Crippen LogP contribution >= 0.6 is 0 Å². The number of aliphatic hydroxyl groups excluding tert-OH is 1. The van der Waals surface area contributed by atoms with E-state index in [0.29, 0.717) is 36.0 Å². The van der Waals surface area contributed by atoms with Gasteiger partial charge in [0.25, 0.3) is 0 Å². The lowest BCUT2D eigenvalue weighted by Crippen LogP contribution is -2.35. The first-order chi connectivity index (χ1) is 18.9. The summed E-state index contributed by atoms with van der Waals surface area (Å²) in [5, 5.41) is 9.09. The van der Waals surface area contributed by atoms with Gasteiger partial charge < -0.3 is 19.3 Å². The molecule has 1 N–H and O–H groups in total. The highest BCUT2D eigenvalue weighted by molar-refractivity contribution is 7.91. The summed E-state index contributed by atoms with van der Waals surface area (Å²) in [6, 6.07) is 16.8. The number of methoxy groups -OCH3 is 2. The first kappa shape index (κ1) is 33.2. The van der Waals surface area contributed by atoms with E-state index in [1.165, 1.54) is 14.2 Å². The maximum atomic E-state index is 13.6. The van der Waals surface area contributed by atoms with Crippen LogP contribution < -0.4 is 0 Å². The topological polar surface area (TPSA) is 116 Å². The summed E-state index contributed by atoms with van der Waals surface area (Å²) in [5.41, 5.74) is 1.04. The molecule has 0 heterocycles. The van der Waals surface area contributed by atoms with Crippen LogP contribution in [0.15, 0.2) is 60.2 Å². The molecule has 40 heavy (non-hydrogen) atoms. The molecule has 0 aliphatic heterocycles. The van der Waals surface area contributed by atoms with Crippen LogP contribution in [-0.4, -0.2) is 64.4 Å². The Morgan fingerprint density at radius 2 is 1.68 bits per heavy atom. The Kier molecular flexibility index (Phi) is 12.5. The fraction of sp³-hybridized carbons (Fsp3) is 0.484. The molecule has 0 aromatic heterocycles. The van der Waals surface area contributed by atoms with Gasteiger partial charge in [0.2, 0.25) is 0 Å². The summed E-state index contributed by atoms with van der Waals surface area (Å²) in [6.07, 6.45) is 3.21. The van der Waals surface area contributed by atoms with Gasteiger partial charge in [-0.1, -0.05) is 74.9 Å². The van der Waals surface area contributed by atoms with E-state index in [9.17, 15) is 18.0 Å². The van der Waals surface area contributed by atoms with Gasteiger partial charge in [0.15, 0.2) is 9.84 Å². The normalized spacial score (nSPS) is 13.9. The van der Waals surface area contributed by atoms with Crippen molar-refractivity contribution in [3.63, 3.8) is 0 Å². The standard InChI is InChI=1S/C31H42O8S/c1-30(2,23-40(35,36)18-17-32)15-10-16-31(3,29(34)39-21-24-11-7-6-8-12-24)27-14-9-13-25(20-27)19-26(22-37-4)28(33)38-5/h6-9,11-14,19-20,32H,10,15-18,21-23H2,1-5H3/b26-19+/t31-/m1/s1. The van der Waals surface area contributed by atoms with Crippen molar-refractivity contribution in [2.75, 3.05) is 38.9 Å². The van der Waals surface area contributed by atoms with Crippen molar-refractivity contribution in [1.29, 1.82) is 0 Å². The molecule has 2 aromatic carbocycles. The zero-order valence-electron chi connectivity index (χ0n) is 24.1. The minimum absolute atomic E-state index is 0.0498. The first-order valence-corrected chi connectivity index (χ1v) is 15.1. The highest BCUT2D eigenvalue weighted by Crippen LogP contribution is 2.35. The van der Waals surface area contributed by atoms with Gasteiger partial charge in [-0.15, -0.1) is 0 Å². The largest absolute Gasteiger partial charge is 0.466 e. The van der Waals surface area contributed by atoms with Crippen LogP contribution in [0.1, 0.15) is 56.7 Å². The van der Waals surface area contributed by atoms with Gasteiger partial charge in [0, 0.05) is 7.11 Å². The SMILES string of the molecule is COC/C(=C\c1cccc([C@@](C)(CCCC(C)(C)CS(=O)(=O)CCO)C(=O)OCc2ccccc2)c1)C(=O)OC. The van der Waals surface area contributed by atoms with Crippen LogP contribution in [0.25, 0.3) is 6.08 Å². The minimum atomic E-state index is -3.39. The van der Waals surface area contributed by atoms with Gasteiger partial charge in [-0.05, 0) is 47.9 Å². The Morgan fingerprint density at radius 3 is 2.30 bits per heavy atom. The zero-order chi connectivity index (χ0) is 29.8. The van der Waals surface area contributed by atoms with Gasteiger partial charge in [-0.25, -0.2) is 13.2 Å². The monoisotopic (exact) mass is 574 g/mol. The van der Waals surface area contributed by atoms with E-state index in [-0.39, 0.29) is 24.7 Å². The Bertz CT molecular complexity index is 1250. The fourth-order valence-corrected chi connectivity index (χ4v) is 6.42. The summed E-state index contributed by atoms with van der Waals surface area (Å²) in [4.78, 5) is 25.8. The van der Waals surface area contributed by atoms with Crippen molar-refractivity contribution < 1.29 is 37.3 Å². The van der Waals surface area contributed by atoms with E-state index in [1.807, 2.05) is 75.4 Å². The number of ether oxygens (including phenoxy) is 3. The van der Waals surface area contributed by atoms with Gasteiger partial charge in [-0.3, -0.25) is 4.79 Å². The Hall–Kier alpha value is -3.01. The van der Waals surface area contributed by atoms with Gasteiger partial charge in [-0.2, -0.15) is 0 Å². The number of esters is 2. The third-order valence-corrected chi connectivity index (χ3v) is 8.84. The maximum absolute atomic E-state index is 13.6. The van der Waals surface area contributed by atoms with E-state index >= 15 is 0 Å². The molecule has 0 spiro atoms. The molecule has 1 atom stereocenters. The Balaban J connectivity index is 2.36. The number of aliphatic hydroxyl groups is 1. The molecule has 2 rings (SSSR count). The quantitative estimate of drug-likeness (QED) is 0.230. The zero-order valence-corrected chi connectivity index (χ0v) is 25.0. The molecule has 0 fully saturated rings. The molecular formula is C31H42O8S. The van der Waals surface area contributed by atoms with E-state index in [4.69, 9.17) is 19.3 Å². The maximum Gasteiger partial charge on any atom is 0.336 e. The Morgan fingerprint density at radius 1 is 0.975 bits per heavy atom. The molecule has 0 amide bonds. The van der Waals surface area contributed by atoms with Crippen LogP contribution in [0.2, 0.25) is 0 Å². The number of carbonyl (C=O) groups is 2. The average Bonchev–Trinajstić information content (AvgIpc) is 2.90. The molecule has 8 nitrogen and oxygen atoms in total. The Labute approximate surface area is 238 Å². The summed E-state index contributed by atoms with van der Waals surface area (Å²) in [5.74, 6) is -1.22. The molecule has 220 valence electrons. The third-order valence-electron chi connectivity index (χ3n) is 6.82. The second-order valence-corrected chi connectivity index (χ2v) is 13.1. The predicted molar refractivity (Wildman–Crippen MR) is 155 cm³/mol. The number of sulfone groups is 1. The van der Waals surface area contributed by atoms with Crippen molar-refractivity contribution in [1.82, 2.24) is 0 Å². The smallest absolute Gasteiger partial charge is 0.336 e. The molecule has 0 radical (unpaired) electrons. The van der Waals surface area contributed by atoms with E-state index < -0.39 is 39.2 Å². The molecule has 0 aliphatic rings. The fourth-order valence-electron chi connectivity index (χ4n) is 4.66. The number of rotatable bonds is 16. The van der Waals surface area contributed by atoms with Crippen molar-refractivity contribution in [3.8, 4) is 0 Å². The molecule has 0 saturated heterocycles. The van der Waals surface area contributed by atoms with E-state index in [0.717, 1.165) is 5.56 Å². The third kappa shape index (κ3) is 10.2. The van der Waals surface area contributed by atoms with Gasteiger partial charge in [0.1, 0.15) is 6.61 Å². The first-order valence-electron chi connectivity index (χ1n) is 13.3. The lowest BCUT2D eigenvalue weighted by molar-refractivity contribution is -0.152. The lowest BCUT2D eigenvalue weighted by atomic mass is 9.76. The van der Waals surface area contributed by atoms with E-state index in [1.54, 1.807) is 6.08 Å². The van der Waals surface area contributed by atoms with Crippen LogP contribution in [0.3, 0.4) is 0 Å². The van der Waals surface area contributed by atoms with Gasteiger partial charge >= 0.3 is 11.9 Å². The molecule has 0 bridgehead atoms. The molecule has 0 unspecified atom stereocenters. The summed E-state index contributed by atoms with van der Waals surface area (Å²) in [7, 11) is -0.597. The molecule has 0 saturated carbocycles. The van der Waals surface area contributed by atoms with Crippen LogP contribution in [0.4, 0.5) is 0 Å². The lowest BCUT2D eigenvalue weighted by Gasteiger charge is -2.31. The second kappa shape index (κ2) is 15.1. The number of hydrogen-bond acceptors (Lipinski definition) is 8. The highest BCUT2D eigenvalue weighted by atomic mass is 32.2. The van der Waals surface area contributed by atoms with Crippen LogP contribution in [-0.2, 0) is 45.7 Å². The number of benzene rings is 2. The van der Waals surface area contributed by atoms with Crippen LogP contribution in [0, 0.1) is 5.41 Å². The summed E-state index contributed by atoms with van der Waals surface area (Å²) in [6.45, 7) is 5.37. The van der Waals surface area contributed by atoms with Crippen molar-refractivity contribution in [2.45, 2.75) is 52.1 Å². The molecule has 0 aliphatic carbocycles. The molecule has 2 aromatic rings. The van der Waals surface area contributed by atoms with Crippen molar-refractivity contribution in [2.24, 2.45) is 5.41 Å². The number of carbonyl (C=O) groups excluding carboxylic acids is 2. The van der Waals surface area contributed by atoms with E-state index in [2.05, 4.69) is 0 Å². The second-order valence-electron chi connectivity index (χ2n) is 10.9. The van der Waals surface area contributed by atoms with Crippen molar-refractivity contribution in [3.05, 3.63) is 76.9 Å². The summed E-state index contributed by atoms with van der Waals surface area (Å²) >= 11 is 0.